The Bertz CT molecular complexity index is 297. The quantitative estimate of drug-likeness (QED) is 0.831. The molecule has 0 aliphatic carbocycles. The van der Waals surface area contributed by atoms with Crippen molar-refractivity contribution in [3.63, 3.8) is 0 Å². The molecule has 5 heteroatoms. The molecule has 0 atom stereocenters. The minimum absolute atomic E-state index is 0.0397. The second kappa shape index (κ2) is 8.02. The first-order valence-electron chi connectivity index (χ1n) is 7.24. The largest absolute Gasteiger partial charge is 0.450 e. The van der Waals surface area contributed by atoms with Gasteiger partial charge in [0, 0.05) is 25.6 Å². The van der Waals surface area contributed by atoms with Crippen LogP contribution in [0.5, 0.6) is 0 Å². The molecule has 19 heavy (non-hydrogen) atoms. The second-order valence-electron chi connectivity index (χ2n) is 5.43. The van der Waals surface area contributed by atoms with E-state index in [4.69, 9.17) is 4.74 Å². The van der Waals surface area contributed by atoms with Crippen LogP contribution in [0.3, 0.4) is 0 Å². The number of nitrogens with zero attached hydrogens (tertiary/aromatic N) is 1. The smallest absolute Gasteiger partial charge is 0.409 e. The Labute approximate surface area is 115 Å². The summed E-state index contributed by atoms with van der Waals surface area (Å²) in [5.74, 6) is 0.771. The van der Waals surface area contributed by atoms with E-state index < -0.39 is 0 Å². The maximum absolute atomic E-state index is 11.9. The average molecular weight is 270 g/mol. The fourth-order valence-corrected chi connectivity index (χ4v) is 2.17. The Morgan fingerprint density at radius 3 is 2.47 bits per heavy atom. The van der Waals surface area contributed by atoms with Gasteiger partial charge in [0.2, 0.25) is 5.91 Å². The third-order valence-electron chi connectivity index (χ3n) is 3.41. The van der Waals surface area contributed by atoms with Crippen molar-refractivity contribution in [3.8, 4) is 0 Å². The summed E-state index contributed by atoms with van der Waals surface area (Å²) in [5.41, 5.74) is 0. The minimum Gasteiger partial charge on any atom is -0.450 e. The Balaban J connectivity index is 2.25. The van der Waals surface area contributed by atoms with Crippen molar-refractivity contribution in [2.45, 2.75) is 40.0 Å². The zero-order valence-corrected chi connectivity index (χ0v) is 12.3. The predicted molar refractivity (Wildman–Crippen MR) is 73.8 cm³/mol. The molecule has 0 aromatic carbocycles. The van der Waals surface area contributed by atoms with Crippen molar-refractivity contribution in [3.05, 3.63) is 0 Å². The molecule has 0 spiro atoms. The van der Waals surface area contributed by atoms with Gasteiger partial charge >= 0.3 is 6.09 Å². The SMILES string of the molecule is CCOC(=O)N1CCC(C(=O)NCCC(C)C)CC1. The number of carbonyl (C=O) groups is 2. The standard InChI is InChI=1S/C14H26N2O3/c1-4-19-14(18)16-9-6-12(7-10-16)13(17)15-8-5-11(2)3/h11-12H,4-10H2,1-3H3,(H,15,17). The van der Waals surface area contributed by atoms with E-state index in [0.29, 0.717) is 25.6 Å². The third-order valence-corrected chi connectivity index (χ3v) is 3.41. The highest BCUT2D eigenvalue weighted by molar-refractivity contribution is 5.79. The molecule has 0 aromatic heterocycles. The number of nitrogens with one attached hydrogen (secondary N) is 1. The van der Waals surface area contributed by atoms with Gasteiger partial charge in [0.15, 0.2) is 0 Å². The fourth-order valence-electron chi connectivity index (χ4n) is 2.17. The molecule has 1 aliphatic heterocycles. The van der Waals surface area contributed by atoms with Gasteiger partial charge in [-0.05, 0) is 32.1 Å². The highest BCUT2D eigenvalue weighted by atomic mass is 16.6. The molecule has 110 valence electrons. The molecular formula is C14H26N2O3. The number of hydrogen-bond donors (Lipinski definition) is 1. The molecular weight excluding hydrogens is 244 g/mol. The molecule has 1 N–H and O–H groups in total. The molecule has 2 amide bonds. The number of piperidine rings is 1. The summed E-state index contributed by atoms with van der Waals surface area (Å²) in [5, 5.41) is 2.98. The van der Waals surface area contributed by atoms with Gasteiger partial charge in [0.1, 0.15) is 0 Å². The van der Waals surface area contributed by atoms with Crippen LogP contribution < -0.4 is 5.32 Å². The van der Waals surface area contributed by atoms with Crippen LogP contribution in [-0.2, 0) is 9.53 Å². The molecule has 5 nitrogen and oxygen atoms in total. The summed E-state index contributed by atoms with van der Waals surface area (Å²) in [7, 11) is 0. The van der Waals surface area contributed by atoms with Gasteiger partial charge in [0.05, 0.1) is 6.61 Å². The van der Waals surface area contributed by atoms with Crippen LogP contribution in [0.4, 0.5) is 4.79 Å². The number of ether oxygens (including phenoxy) is 1. The lowest BCUT2D eigenvalue weighted by Crippen LogP contribution is -2.43. The van der Waals surface area contributed by atoms with Crippen molar-refractivity contribution < 1.29 is 14.3 Å². The van der Waals surface area contributed by atoms with E-state index in [0.717, 1.165) is 25.8 Å². The molecule has 1 fully saturated rings. The van der Waals surface area contributed by atoms with Gasteiger partial charge < -0.3 is 15.0 Å². The number of carbonyl (C=O) groups excluding carboxylic acids is 2. The van der Waals surface area contributed by atoms with E-state index >= 15 is 0 Å². The van der Waals surface area contributed by atoms with Crippen molar-refractivity contribution in [2.24, 2.45) is 11.8 Å². The van der Waals surface area contributed by atoms with Gasteiger partial charge in [-0.1, -0.05) is 13.8 Å². The monoisotopic (exact) mass is 270 g/mol. The second-order valence-corrected chi connectivity index (χ2v) is 5.43. The van der Waals surface area contributed by atoms with E-state index in [-0.39, 0.29) is 17.9 Å². The Morgan fingerprint density at radius 1 is 1.32 bits per heavy atom. The summed E-state index contributed by atoms with van der Waals surface area (Å²) in [6, 6.07) is 0. The van der Waals surface area contributed by atoms with Crippen molar-refractivity contribution >= 4 is 12.0 Å². The lowest BCUT2D eigenvalue weighted by molar-refractivity contribution is -0.126. The summed E-state index contributed by atoms with van der Waals surface area (Å²) in [6.07, 6.45) is 2.20. The Morgan fingerprint density at radius 2 is 1.95 bits per heavy atom. The molecule has 1 saturated heterocycles. The van der Waals surface area contributed by atoms with Crippen molar-refractivity contribution in [1.29, 1.82) is 0 Å². The number of likely N-dealkylation sites (tertiary alicyclic amines) is 1. The highest BCUT2D eigenvalue weighted by Gasteiger charge is 2.27. The highest BCUT2D eigenvalue weighted by Crippen LogP contribution is 2.18. The van der Waals surface area contributed by atoms with E-state index in [2.05, 4.69) is 19.2 Å². The molecule has 0 radical (unpaired) electrons. The van der Waals surface area contributed by atoms with Crippen LogP contribution in [0.15, 0.2) is 0 Å². The first kappa shape index (κ1) is 15.8. The zero-order chi connectivity index (χ0) is 14.3. The summed E-state index contributed by atoms with van der Waals surface area (Å²) in [4.78, 5) is 25.1. The molecule has 1 heterocycles. The normalized spacial score (nSPS) is 16.5. The number of rotatable bonds is 5. The van der Waals surface area contributed by atoms with Gasteiger partial charge in [-0.25, -0.2) is 4.79 Å². The molecule has 1 rings (SSSR count). The molecule has 0 saturated carbocycles. The van der Waals surface area contributed by atoms with Crippen LogP contribution in [0.25, 0.3) is 0 Å². The summed E-state index contributed by atoms with van der Waals surface area (Å²) in [6.45, 7) is 8.45. The first-order valence-corrected chi connectivity index (χ1v) is 7.24. The Hall–Kier alpha value is -1.26. The van der Waals surface area contributed by atoms with Crippen molar-refractivity contribution in [1.82, 2.24) is 10.2 Å². The van der Waals surface area contributed by atoms with E-state index in [1.165, 1.54) is 0 Å². The average Bonchev–Trinajstić information content (AvgIpc) is 2.38. The van der Waals surface area contributed by atoms with E-state index in [9.17, 15) is 9.59 Å². The van der Waals surface area contributed by atoms with Crippen LogP contribution in [0, 0.1) is 11.8 Å². The van der Waals surface area contributed by atoms with Crippen LogP contribution in [0.1, 0.15) is 40.0 Å². The number of amides is 2. The molecule has 1 aliphatic rings. The van der Waals surface area contributed by atoms with Gasteiger partial charge in [-0.3, -0.25) is 4.79 Å². The lowest BCUT2D eigenvalue weighted by atomic mass is 9.96. The molecule has 0 bridgehead atoms. The van der Waals surface area contributed by atoms with Gasteiger partial charge in [-0.2, -0.15) is 0 Å². The predicted octanol–water partition coefficient (Wildman–Crippen LogP) is 2.02. The van der Waals surface area contributed by atoms with E-state index in [1.54, 1.807) is 11.8 Å². The number of hydrogen-bond acceptors (Lipinski definition) is 3. The topological polar surface area (TPSA) is 58.6 Å². The summed E-state index contributed by atoms with van der Waals surface area (Å²) < 4.78 is 4.95. The van der Waals surface area contributed by atoms with Gasteiger partial charge in [0.25, 0.3) is 0 Å². The fraction of sp³-hybridized carbons (Fsp3) is 0.857. The third kappa shape index (κ3) is 5.49. The summed E-state index contributed by atoms with van der Waals surface area (Å²) >= 11 is 0. The van der Waals surface area contributed by atoms with E-state index in [1.807, 2.05) is 0 Å². The zero-order valence-electron chi connectivity index (χ0n) is 12.3. The molecule has 0 unspecified atom stereocenters. The molecule has 0 aromatic rings. The maximum Gasteiger partial charge on any atom is 0.409 e. The van der Waals surface area contributed by atoms with Crippen LogP contribution in [-0.4, -0.2) is 43.1 Å². The van der Waals surface area contributed by atoms with Gasteiger partial charge in [-0.15, -0.1) is 0 Å². The van der Waals surface area contributed by atoms with Crippen LogP contribution >= 0.6 is 0 Å². The van der Waals surface area contributed by atoms with Crippen LogP contribution in [0.2, 0.25) is 0 Å². The maximum atomic E-state index is 11.9. The lowest BCUT2D eigenvalue weighted by Gasteiger charge is -2.30. The minimum atomic E-state index is -0.263. The Kier molecular flexibility index (Phi) is 6.67. The first-order chi connectivity index (χ1) is 9.04. The van der Waals surface area contributed by atoms with Crippen molar-refractivity contribution in [2.75, 3.05) is 26.2 Å².